The maximum atomic E-state index is 10.2. The van der Waals surface area contributed by atoms with Crippen LogP contribution >= 0.6 is 11.6 Å². The first-order valence-corrected chi connectivity index (χ1v) is 5.84. The molecule has 1 heterocycles. The van der Waals surface area contributed by atoms with Crippen LogP contribution in [0, 0.1) is 0 Å². The minimum absolute atomic E-state index is 0.381. The minimum atomic E-state index is -0.700. The van der Waals surface area contributed by atoms with E-state index in [4.69, 9.17) is 16.3 Å². The van der Waals surface area contributed by atoms with E-state index in [-0.39, 0.29) is 0 Å². The van der Waals surface area contributed by atoms with Gasteiger partial charge in [-0.2, -0.15) is 0 Å². The van der Waals surface area contributed by atoms with Crippen molar-refractivity contribution < 1.29 is 9.84 Å². The number of rotatable bonds is 4. The molecule has 2 rings (SSSR count). The highest BCUT2D eigenvalue weighted by Gasteiger charge is 2.15. The molecule has 0 aliphatic heterocycles. The highest BCUT2D eigenvalue weighted by atomic mass is 35.5. The van der Waals surface area contributed by atoms with Crippen molar-refractivity contribution in [1.29, 1.82) is 0 Å². The first kappa shape index (κ1) is 12.9. The minimum Gasteiger partial charge on any atom is -0.496 e. The summed E-state index contributed by atoms with van der Waals surface area (Å²) in [5, 5.41) is 18.5. The lowest BCUT2D eigenvalue weighted by molar-refractivity contribution is 0.173. The second-order valence-corrected chi connectivity index (χ2v) is 4.43. The molecular formula is C12H14ClN3O2. The van der Waals surface area contributed by atoms with Gasteiger partial charge in [-0.1, -0.05) is 22.9 Å². The first-order chi connectivity index (χ1) is 8.60. The van der Waals surface area contributed by atoms with Crippen LogP contribution in [0.1, 0.15) is 17.4 Å². The average molecular weight is 268 g/mol. The Morgan fingerprint density at radius 3 is 2.89 bits per heavy atom. The third-order valence-electron chi connectivity index (χ3n) is 2.61. The van der Waals surface area contributed by atoms with E-state index in [2.05, 4.69) is 10.3 Å². The zero-order valence-corrected chi connectivity index (χ0v) is 10.9. The van der Waals surface area contributed by atoms with E-state index in [1.165, 1.54) is 0 Å². The van der Waals surface area contributed by atoms with Crippen molar-refractivity contribution in [3.8, 4) is 5.75 Å². The lowest BCUT2D eigenvalue weighted by atomic mass is 10.0. The molecule has 0 bridgehead atoms. The maximum absolute atomic E-state index is 10.2. The van der Waals surface area contributed by atoms with E-state index >= 15 is 0 Å². The second-order valence-electron chi connectivity index (χ2n) is 3.99. The molecule has 1 atom stereocenters. The normalized spacial score (nSPS) is 12.4. The van der Waals surface area contributed by atoms with E-state index in [9.17, 15) is 5.11 Å². The molecule has 18 heavy (non-hydrogen) atoms. The highest BCUT2D eigenvalue weighted by molar-refractivity contribution is 6.30. The van der Waals surface area contributed by atoms with Gasteiger partial charge in [-0.25, -0.2) is 0 Å². The van der Waals surface area contributed by atoms with E-state index in [0.29, 0.717) is 22.8 Å². The Morgan fingerprint density at radius 2 is 2.28 bits per heavy atom. The highest BCUT2D eigenvalue weighted by Crippen LogP contribution is 2.29. The van der Waals surface area contributed by atoms with Gasteiger partial charge in [0.05, 0.1) is 18.9 Å². The molecule has 1 N–H and O–H groups in total. The summed E-state index contributed by atoms with van der Waals surface area (Å²) < 4.78 is 6.80. The van der Waals surface area contributed by atoms with Gasteiger partial charge in [-0.3, -0.25) is 4.68 Å². The van der Waals surface area contributed by atoms with Crippen LogP contribution in [0.25, 0.3) is 0 Å². The maximum Gasteiger partial charge on any atom is 0.126 e. The number of hydrogen-bond donors (Lipinski definition) is 1. The van der Waals surface area contributed by atoms with Crippen LogP contribution in [0.15, 0.2) is 24.4 Å². The predicted octanol–water partition coefficient (Wildman–Crippen LogP) is 1.75. The molecule has 0 saturated carbocycles. The molecule has 0 amide bonds. The number of aromatic nitrogens is 3. The third-order valence-corrected chi connectivity index (χ3v) is 2.84. The molecule has 5 nitrogen and oxygen atoms in total. The summed E-state index contributed by atoms with van der Waals surface area (Å²) in [4.78, 5) is 0. The molecule has 0 spiro atoms. The lowest BCUT2D eigenvalue weighted by Crippen LogP contribution is -2.04. The quantitative estimate of drug-likeness (QED) is 0.917. The summed E-state index contributed by atoms with van der Waals surface area (Å²) in [5.41, 5.74) is 1.41. The van der Waals surface area contributed by atoms with Gasteiger partial charge in [0.25, 0.3) is 0 Å². The summed E-state index contributed by atoms with van der Waals surface area (Å²) >= 11 is 5.88. The van der Waals surface area contributed by atoms with Gasteiger partial charge in [-0.15, -0.1) is 5.10 Å². The second kappa shape index (κ2) is 5.37. The number of halogens is 1. The summed E-state index contributed by atoms with van der Waals surface area (Å²) in [6.45, 7) is 0. The summed E-state index contributed by atoms with van der Waals surface area (Å²) in [6.07, 6.45) is 1.45. The Labute approximate surface area is 110 Å². The fourth-order valence-electron chi connectivity index (χ4n) is 1.76. The van der Waals surface area contributed by atoms with Gasteiger partial charge in [0, 0.05) is 30.3 Å². The molecule has 0 aliphatic carbocycles. The van der Waals surface area contributed by atoms with Crippen LogP contribution in [0.4, 0.5) is 0 Å². The predicted molar refractivity (Wildman–Crippen MR) is 67.7 cm³/mol. The molecule has 2 aromatic rings. The van der Waals surface area contributed by atoms with E-state index in [1.54, 1.807) is 43.2 Å². The molecule has 0 aliphatic rings. The Bertz CT molecular complexity index is 542. The number of hydrogen-bond acceptors (Lipinski definition) is 4. The van der Waals surface area contributed by atoms with Crippen molar-refractivity contribution in [3.05, 3.63) is 40.7 Å². The molecular weight excluding hydrogens is 254 g/mol. The van der Waals surface area contributed by atoms with E-state index < -0.39 is 6.10 Å². The van der Waals surface area contributed by atoms with Gasteiger partial charge in [0.1, 0.15) is 5.75 Å². The average Bonchev–Trinajstić information content (AvgIpc) is 2.74. The van der Waals surface area contributed by atoms with Gasteiger partial charge < -0.3 is 9.84 Å². The summed E-state index contributed by atoms with van der Waals surface area (Å²) in [5.74, 6) is 0.568. The molecule has 6 heteroatoms. The molecule has 0 saturated heterocycles. The fourth-order valence-corrected chi connectivity index (χ4v) is 1.92. The largest absolute Gasteiger partial charge is 0.496 e. The molecule has 1 aromatic heterocycles. The Hall–Kier alpha value is -1.59. The molecule has 0 radical (unpaired) electrons. The Balaban J connectivity index is 2.20. The molecule has 96 valence electrons. The van der Waals surface area contributed by atoms with Crippen molar-refractivity contribution >= 4 is 11.6 Å². The van der Waals surface area contributed by atoms with Gasteiger partial charge in [0.2, 0.25) is 0 Å². The van der Waals surface area contributed by atoms with Crippen LogP contribution in [-0.4, -0.2) is 27.2 Å². The van der Waals surface area contributed by atoms with Gasteiger partial charge in [0.15, 0.2) is 0 Å². The van der Waals surface area contributed by atoms with Crippen LogP contribution in [0.5, 0.6) is 5.75 Å². The molecule has 1 unspecified atom stereocenters. The van der Waals surface area contributed by atoms with Gasteiger partial charge >= 0.3 is 0 Å². The van der Waals surface area contributed by atoms with Crippen LogP contribution in [0.2, 0.25) is 5.02 Å². The van der Waals surface area contributed by atoms with E-state index in [1.807, 2.05) is 0 Å². The lowest BCUT2D eigenvalue weighted by Gasteiger charge is -2.13. The van der Waals surface area contributed by atoms with Crippen molar-refractivity contribution in [2.45, 2.75) is 12.5 Å². The number of nitrogens with zero attached hydrogens (tertiary/aromatic N) is 3. The number of methoxy groups -OCH3 is 1. The monoisotopic (exact) mass is 267 g/mol. The number of ether oxygens (including phenoxy) is 1. The Morgan fingerprint density at radius 1 is 1.50 bits per heavy atom. The molecule has 1 aromatic carbocycles. The zero-order chi connectivity index (χ0) is 13.1. The Kier molecular flexibility index (Phi) is 3.84. The number of aliphatic hydroxyl groups excluding tert-OH is 1. The zero-order valence-electron chi connectivity index (χ0n) is 10.2. The topological polar surface area (TPSA) is 60.2 Å². The summed E-state index contributed by atoms with van der Waals surface area (Å²) in [6, 6.07) is 5.15. The van der Waals surface area contributed by atoms with Crippen LogP contribution < -0.4 is 4.74 Å². The van der Waals surface area contributed by atoms with Crippen molar-refractivity contribution in [3.63, 3.8) is 0 Å². The van der Waals surface area contributed by atoms with Crippen LogP contribution in [-0.2, 0) is 13.5 Å². The number of benzene rings is 1. The molecule has 0 fully saturated rings. The SMILES string of the molecule is COc1cc(Cl)ccc1C(O)Cc1cn(C)nn1. The van der Waals surface area contributed by atoms with Crippen molar-refractivity contribution in [2.24, 2.45) is 7.05 Å². The summed E-state index contributed by atoms with van der Waals surface area (Å²) in [7, 11) is 3.33. The third kappa shape index (κ3) is 2.80. The van der Waals surface area contributed by atoms with Gasteiger partial charge in [-0.05, 0) is 12.1 Å². The number of aryl methyl sites for hydroxylation is 1. The standard InChI is InChI=1S/C12H14ClN3O2/c1-16-7-9(14-15-16)6-11(17)10-4-3-8(13)5-12(10)18-2/h3-5,7,11,17H,6H2,1-2H3. The van der Waals surface area contributed by atoms with Crippen molar-refractivity contribution in [2.75, 3.05) is 7.11 Å². The fraction of sp³-hybridized carbons (Fsp3) is 0.333. The first-order valence-electron chi connectivity index (χ1n) is 5.47. The van der Waals surface area contributed by atoms with Crippen LogP contribution in [0.3, 0.4) is 0 Å². The number of aliphatic hydroxyl groups is 1. The smallest absolute Gasteiger partial charge is 0.126 e. The van der Waals surface area contributed by atoms with E-state index in [0.717, 1.165) is 5.69 Å². The van der Waals surface area contributed by atoms with Crippen molar-refractivity contribution in [1.82, 2.24) is 15.0 Å².